The number of nitrogens with zero attached hydrogens (tertiary/aromatic N) is 3. The molecule has 2 rings (SSSR count). The van der Waals surface area contributed by atoms with Gasteiger partial charge in [-0.25, -0.2) is 17.7 Å². The minimum absolute atomic E-state index is 0.0282. The van der Waals surface area contributed by atoms with Crippen molar-refractivity contribution < 1.29 is 8.42 Å². The first-order chi connectivity index (χ1) is 9.43. The summed E-state index contributed by atoms with van der Waals surface area (Å²) in [5.41, 5.74) is 5.67. The van der Waals surface area contributed by atoms with Crippen LogP contribution in [-0.2, 0) is 16.4 Å². The molecule has 0 amide bonds. The van der Waals surface area contributed by atoms with Crippen molar-refractivity contribution in [1.82, 2.24) is 13.7 Å². The number of nitrogens with two attached hydrogens (primary N) is 1. The van der Waals surface area contributed by atoms with Crippen LogP contribution in [0.15, 0.2) is 16.5 Å². The lowest BCUT2D eigenvalue weighted by Crippen LogP contribution is -2.23. The lowest BCUT2D eigenvalue weighted by molar-refractivity contribution is 0.521. The van der Waals surface area contributed by atoms with Crippen molar-refractivity contribution in [2.75, 3.05) is 31.7 Å². The SMILES string of the molecule is CN(C)S(=O)(=O)c1c(N)nsc1NCCc1nccs1. The number of sulfonamides is 1. The van der Waals surface area contributed by atoms with E-state index in [0.717, 1.165) is 27.3 Å². The van der Waals surface area contributed by atoms with Gasteiger partial charge in [0.05, 0.1) is 5.01 Å². The van der Waals surface area contributed by atoms with E-state index >= 15 is 0 Å². The molecule has 0 saturated heterocycles. The Bertz CT molecular complexity index is 663. The van der Waals surface area contributed by atoms with Crippen LogP contribution < -0.4 is 11.1 Å². The predicted molar refractivity (Wildman–Crippen MR) is 81.7 cm³/mol. The zero-order valence-electron chi connectivity index (χ0n) is 11.0. The molecule has 3 N–H and O–H groups in total. The molecule has 2 aromatic rings. The summed E-state index contributed by atoms with van der Waals surface area (Å²) in [4.78, 5) is 4.21. The van der Waals surface area contributed by atoms with Crippen molar-refractivity contribution in [3.8, 4) is 0 Å². The quantitative estimate of drug-likeness (QED) is 0.820. The zero-order valence-corrected chi connectivity index (χ0v) is 13.5. The summed E-state index contributed by atoms with van der Waals surface area (Å²) < 4.78 is 29.4. The molecule has 20 heavy (non-hydrogen) atoms. The number of nitrogens with one attached hydrogen (secondary N) is 1. The number of rotatable bonds is 6. The molecule has 0 saturated carbocycles. The largest absolute Gasteiger partial charge is 0.382 e. The first kappa shape index (κ1) is 15.2. The van der Waals surface area contributed by atoms with Crippen LogP contribution >= 0.6 is 22.9 Å². The highest BCUT2D eigenvalue weighted by Gasteiger charge is 2.27. The highest BCUT2D eigenvalue weighted by atomic mass is 32.2. The van der Waals surface area contributed by atoms with Gasteiger partial charge in [0.2, 0.25) is 10.0 Å². The Morgan fingerprint density at radius 2 is 2.20 bits per heavy atom. The van der Waals surface area contributed by atoms with Crippen LogP contribution in [-0.4, -0.2) is 42.7 Å². The molecule has 0 bridgehead atoms. The van der Waals surface area contributed by atoms with Gasteiger partial charge in [-0.15, -0.1) is 11.3 Å². The highest BCUT2D eigenvalue weighted by molar-refractivity contribution is 7.89. The lowest BCUT2D eigenvalue weighted by Gasteiger charge is -2.12. The van der Waals surface area contributed by atoms with Crippen molar-refractivity contribution in [2.24, 2.45) is 0 Å². The maximum atomic E-state index is 12.2. The van der Waals surface area contributed by atoms with Gasteiger partial charge in [-0.1, -0.05) is 0 Å². The molecule has 7 nitrogen and oxygen atoms in total. The first-order valence-electron chi connectivity index (χ1n) is 5.73. The van der Waals surface area contributed by atoms with Crippen LogP contribution in [0.25, 0.3) is 0 Å². The highest BCUT2D eigenvalue weighted by Crippen LogP contribution is 2.32. The topological polar surface area (TPSA) is 101 Å². The van der Waals surface area contributed by atoms with Crippen LogP contribution in [0.3, 0.4) is 0 Å². The average Bonchev–Trinajstić information content (AvgIpc) is 2.99. The Balaban J connectivity index is 2.13. The van der Waals surface area contributed by atoms with Gasteiger partial charge < -0.3 is 11.1 Å². The molecular formula is C10H15N5O2S3. The second-order valence-corrected chi connectivity index (χ2v) is 7.96. The third-order valence-corrected chi connectivity index (χ3v) is 6.20. The van der Waals surface area contributed by atoms with Gasteiger partial charge in [-0.3, -0.25) is 0 Å². The zero-order chi connectivity index (χ0) is 14.8. The summed E-state index contributed by atoms with van der Waals surface area (Å²) in [5, 5.41) is 6.43. The van der Waals surface area contributed by atoms with E-state index in [4.69, 9.17) is 5.73 Å². The minimum Gasteiger partial charge on any atom is -0.382 e. The van der Waals surface area contributed by atoms with Crippen LogP contribution in [0.4, 0.5) is 10.8 Å². The summed E-state index contributed by atoms with van der Waals surface area (Å²) in [6.07, 6.45) is 2.46. The summed E-state index contributed by atoms with van der Waals surface area (Å²) in [6, 6.07) is 0. The Kier molecular flexibility index (Phi) is 4.58. The van der Waals surface area contributed by atoms with E-state index < -0.39 is 10.0 Å². The third kappa shape index (κ3) is 3.08. The van der Waals surface area contributed by atoms with E-state index in [9.17, 15) is 8.42 Å². The Morgan fingerprint density at radius 1 is 1.45 bits per heavy atom. The molecular weight excluding hydrogens is 318 g/mol. The van der Waals surface area contributed by atoms with Gasteiger partial charge in [0, 0.05) is 38.6 Å². The third-order valence-electron chi connectivity index (χ3n) is 2.52. The van der Waals surface area contributed by atoms with Crippen LogP contribution in [0, 0.1) is 0 Å². The van der Waals surface area contributed by atoms with E-state index in [2.05, 4.69) is 14.7 Å². The van der Waals surface area contributed by atoms with Crippen molar-refractivity contribution in [2.45, 2.75) is 11.3 Å². The average molecular weight is 333 g/mol. The minimum atomic E-state index is -3.60. The number of hydrogen-bond donors (Lipinski definition) is 2. The van der Waals surface area contributed by atoms with Gasteiger partial charge in [0.25, 0.3) is 0 Å². The van der Waals surface area contributed by atoms with Gasteiger partial charge in [0.1, 0.15) is 5.00 Å². The fraction of sp³-hybridized carbons (Fsp3) is 0.400. The van der Waals surface area contributed by atoms with Gasteiger partial charge >= 0.3 is 0 Å². The molecule has 2 aromatic heterocycles. The summed E-state index contributed by atoms with van der Waals surface area (Å²) in [7, 11) is -0.670. The maximum absolute atomic E-state index is 12.2. The van der Waals surface area contributed by atoms with Gasteiger partial charge in [0.15, 0.2) is 10.7 Å². The molecule has 0 spiro atoms. The molecule has 0 aliphatic carbocycles. The summed E-state index contributed by atoms with van der Waals surface area (Å²) in [6.45, 7) is 0.574. The molecule has 10 heteroatoms. The molecule has 0 radical (unpaired) electrons. The van der Waals surface area contributed by atoms with E-state index in [1.165, 1.54) is 14.1 Å². The second-order valence-electron chi connectivity index (χ2n) is 4.12. The number of anilines is 2. The maximum Gasteiger partial charge on any atom is 0.249 e. The number of nitrogen functional groups attached to an aromatic ring is 1. The van der Waals surface area contributed by atoms with Crippen molar-refractivity contribution in [1.29, 1.82) is 0 Å². The number of aromatic nitrogens is 2. The smallest absolute Gasteiger partial charge is 0.249 e. The molecule has 0 aliphatic rings. The molecule has 0 aromatic carbocycles. The van der Waals surface area contributed by atoms with Crippen LogP contribution in [0.1, 0.15) is 5.01 Å². The summed E-state index contributed by atoms with van der Waals surface area (Å²) in [5.74, 6) is 0.0282. The normalized spacial score (nSPS) is 11.9. The van der Waals surface area contributed by atoms with E-state index in [1.807, 2.05) is 5.38 Å². The first-order valence-corrected chi connectivity index (χ1v) is 8.82. The Labute approximate surface area is 125 Å². The molecule has 0 aliphatic heterocycles. The summed E-state index contributed by atoms with van der Waals surface area (Å²) >= 11 is 2.61. The molecule has 0 unspecified atom stereocenters. The van der Waals surface area contributed by atoms with Crippen LogP contribution in [0.2, 0.25) is 0 Å². The monoisotopic (exact) mass is 333 g/mol. The standard InChI is InChI=1S/C10H15N5O2S3/c1-15(2)20(16,17)8-9(11)14-19-10(8)13-4-3-7-12-5-6-18-7/h5-6,13H,3-4H2,1-2H3,(H2,11,14). The molecule has 2 heterocycles. The molecule has 110 valence electrons. The Hall–Kier alpha value is -1.23. The molecule has 0 atom stereocenters. The van der Waals surface area contributed by atoms with Crippen molar-refractivity contribution in [3.63, 3.8) is 0 Å². The Morgan fingerprint density at radius 3 is 2.80 bits per heavy atom. The van der Waals surface area contributed by atoms with Crippen molar-refractivity contribution >= 4 is 43.7 Å². The fourth-order valence-corrected chi connectivity index (χ4v) is 4.22. The molecule has 0 fully saturated rings. The number of hydrogen-bond acceptors (Lipinski definition) is 8. The van der Waals surface area contributed by atoms with E-state index in [0.29, 0.717) is 11.5 Å². The number of thiazole rings is 1. The van der Waals surface area contributed by atoms with Gasteiger partial charge in [-0.2, -0.15) is 4.37 Å². The van der Waals surface area contributed by atoms with Crippen molar-refractivity contribution in [3.05, 3.63) is 16.6 Å². The van der Waals surface area contributed by atoms with E-state index in [1.54, 1.807) is 17.5 Å². The van der Waals surface area contributed by atoms with E-state index in [-0.39, 0.29) is 10.7 Å². The predicted octanol–water partition coefficient (Wildman–Crippen LogP) is 1.09. The lowest BCUT2D eigenvalue weighted by atomic mass is 10.4. The van der Waals surface area contributed by atoms with Crippen LogP contribution in [0.5, 0.6) is 0 Å². The fourth-order valence-electron chi connectivity index (χ4n) is 1.50. The van der Waals surface area contributed by atoms with Gasteiger partial charge in [-0.05, 0) is 11.5 Å². The second kappa shape index (κ2) is 6.04.